The van der Waals surface area contributed by atoms with E-state index in [1.165, 1.54) is 0 Å². The van der Waals surface area contributed by atoms with Crippen molar-refractivity contribution in [2.75, 3.05) is 13.1 Å². The standard InChI is InChI=1S/C13H19N3O3/c1-7-6-16(5-4-10(7)17)13(19)11-8(2)9(3)14-15-12(11)18/h7,10,17H,4-6H2,1-3H3,(H,15,18). The lowest BCUT2D eigenvalue weighted by atomic mass is 9.96. The van der Waals surface area contributed by atoms with Gasteiger partial charge in [-0.2, -0.15) is 5.10 Å². The van der Waals surface area contributed by atoms with Gasteiger partial charge in [0.25, 0.3) is 11.5 Å². The predicted octanol–water partition coefficient (Wildman–Crippen LogP) is 0.230. The monoisotopic (exact) mass is 265 g/mol. The van der Waals surface area contributed by atoms with Gasteiger partial charge in [0, 0.05) is 13.1 Å². The van der Waals surface area contributed by atoms with E-state index < -0.39 is 5.56 Å². The summed E-state index contributed by atoms with van der Waals surface area (Å²) in [6.45, 7) is 6.33. The second kappa shape index (κ2) is 5.13. The number of amides is 1. The Balaban J connectivity index is 2.31. The van der Waals surface area contributed by atoms with E-state index in [4.69, 9.17) is 0 Å². The molecule has 2 heterocycles. The van der Waals surface area contributed by atoms with Crippen LogP contribution in [0, 0.1) is 19.8 Å². The lowest BCUT2D eigenvalue weighted by Gasteiger charge is -2.34. The molecule has 0 bridgehead atoms. The third kappa shape index (κ3) is 2.53. The molecule has 104 valence electrons. The summed E-state index contributed by atoms with van der Waals surface area (Å²) in [5.74, 6) is -0.247. The van der Waals surface area contributed by atoms with Crippen molar-refractivity contribution in [1.29, 1.82) is 0 Å². The zero-order valence-electron chi connectivity index (χ0n) is 11.4. The fraction of sp³-hybridized carbons (Fsp3) is 0.615. The van der Waals surface area contributed by atoms with Crippen LogP contribution in [0.4, 0.5) is 0 Å². The number of aromatic amines is 1. The van der Waals surface area contributed by atoms with E-state index in [0.29, 0.717) is 30.8 Å². The van der Waals surface area contributed by atoms with Gasteiger partial charge in [0.15, 0.2) is 0 Å². The van der Waals surface area contributed by atoms with Crippen LogP contribution >= 0.6 is 0 Å². The molecule has 1 aliphatic rings. The maximum absolute atomic E-state index is 12.4. The average molecular weight is 265 g/mol. The zero-order valence-corrected chi connectivity index (χ0v) is 11.4. The third-order valence-electron chi connectivity index (χ3n) is 3.83. The molecular formula is C13H19N3O3. The van der Waals surface area contributed by atoms with Gasteiger partial charge in [-0.3, -0.25) is 9.59 Å². The van der Waals surface area contributed by atoms with Crippen molar-refractivity contribution in [2.45, 2.75) is 33.3 Å². The molecule has 6 nitrogen and oxygen atoms in total. The molecule has 1 aliphatic heterocycles. The number of H-pyrrole nitrogens is 1. The number of rotatable bonds is 1. The topological polar surface area (TPSA) is 86.3 Å². The summed E-state index contributed by atoms with van der Waals surface area (Å²) in [5, 5.41) is 15.9. The van der Waals surface area contributed by atoms with Crippen molar-refractivity contribution in [2.24, 2.45) is 5.92 Å². The van der Waals surface area contributed by atoms with E-state index in [-0.39, 0.29) is 23.5 Å². The van der Waals surface area contributed by atoms with Crippen molar-refractivity contribution in [3.63, 3.8) is 0 Å². The summed E-state index contributed by atoms with van der Waals surface area (Å²) in [6.07, 6.45) is 0.177. The minimum atomic E-state index is -0.452. The molecule has 2 unspecified atom stereocenters. The largest absolute Gasteiger partial charge is 0.393 e. The molecule has 0 aromatic carbocycles. The predicted molar refractivity (Wildman–Crippen MR) is 70.0 cm³/mol. The summed E-state index contributed by atoms with van der Waals surface area (Å²) in [5.41, 5.74) is 0.975. The van der Waals surface area contributed by atoms with Gasteiger partial charge in [0.1, 0.15) is 5.56 Å². The Labute approximate surface area is 111 Å². The van der Waals surface area contributed by atoms with Gasteiger partial charge >= 0.3 is 0 Å². The van der Waals surface area contributed by atoms with Crippen LogP contribution in [0.2, 0.25) is 0 Å². The molecule has 2 N–H and O–H groups in total. The number of aromatic nitrogens is 2. The Morgan fingerprint density at radius 1 is 1.47 bits per heavy atom. The molecule has 1 saturated heterocycles. The highest BCUT2D eigenvalue weighted by atomic mass is 16.3. The fourth-order valence-electron chi connectivity index (χ4n) is 2.36. The maximum Gasteiger partial charge on any atom is 0.277 e. The molecule has 1 fully saturated rings. The second-order valence-corrected chi connectivity index (χ2v) is 5.22. The molecule has 0 aliphatic carbocycles. The highest BCUT2D eigenvalue weighted by Gasteiger charge is 2.29. The zero-order chi connectivity index (χ0) is 14.2. The summed E-state index contributed by atoms with van der Waals surface area (Å²) in [4.78, 5) is 25.9. The number of nitrogens with zero attached hydrogens (tertiary/aromatic N) is 2. The summed E-state index contributed by atoms with van der Waals surface area (Å²) < 4.78 is 0. The van der Waals surface area contributed by atoms with Gasteiger partial charge in [-0.05, 0) is 31.7 Å². The highest BCUT2D eigenvalue weighted by molar-refractivity contribution is 5.95. The first kappa shape index (κ1) is 13.7. The van der Waals surface area contributed by atoms with Crippen LogP contribution in [0.15, 0.2) is 4.79 Å². The molecule has 1 amide bonds. The number of likely N-dealkylation sites (tertiary alicyclic amines) is 1. The summed E-state index contributed by atoms with van der Waals surface area (Å²) in [6, 6.07) is 0. The van der Waals surface area contributed by atoms with E-state index in [1.54, 1.807) is 18.7 Å². The summed E-state index contributed by atoms with van der Waals surface area (Å²) in [7, 11) is 0. The van der Waals surface area contributed by atoms with Crippen LogP contribution in [0.5, 0.6) is 0 Å². The molecular weight excluding hydrogens is 246 g/mol. The number of nitrogens with one attached hydrogen (secondary N) is 1. The Hall–Kier alpha value is -1.69. The lowest BCUT2D eigenvalue weighted by Crippen LogP contribution is -2.46. The van der Waals surface area contributed by atoms with Crippen molar-refractivity contribution in [1.82, 2.24) is 15.1 Å². The van der Waals surface area contributed by atoms with Gasteiger partial charge in [-0.15, -0.1) is 0 Å². The van der Waals surface area contributed by atoms with Crippen LogP contribution in [-0.2, 0) is 0 Å². The van der Waals surface area contributed by atoms with Crippen molar-refractivity contribution >= 4 is 5.91 Å². The molecule has 1 aromatic heterocycles. The molecule has 0 radical (unpaired) electrons. The maximum atomic E-state index is 12.4. The summed E-state index contributed by atoms with van der Waals surface area (Å²) >= 11 is 0. The van der Waals surface area contributed by atoms with Gasteiger partial charge < -0.3 is 10.0 Å². The smallest absolute Gasteiger partial charge is 0.277 e. The van der Waals surface area contributed by atoms with E-state index >= 15 is 0 Å². The van der Waals surface area contributed by atoms with Gasteiger partial charge in [-0.25, -0.2) is 5.10 Å². The molecule has 0 spiro atoms. The Bertz CT molecular complexity index is 553. The Morgan fingerprint density at radius 3 is 2.79 bits per heavy atom. The average Bonchev–Trinajstić information content (AvgIpc) is 2.37. The molecule has 2 atom stereocenters. The first-order valence-corrected chi connectivity index (χ1v) is 6.45. The number of hydrogen-bond acceptors (Lipinski definition) is 4. The number of carbonyl (C=O) groups excluding carboxylic acids is 1. The number of carbonyl (C=O) groups is 1. The van der Waals surface area contributed by atoms with E-state index in [0.717, 1.165) is 0 Å². The van der Waals surface area contributed by atoms with Gasteiger partial charge in [-0.1, -0.05) is 6.92 Å². The minimum Gasteiger partial charge on any atom is -0.393 e. The van der Waals surface area contributed by atoms with E-state index in [2.05, 4.69) is 10.2 Å². The number of aliphatic hydroxyl groups excluding tert-OH is 1. The Kier molecular flexibility index (Phi) is 3.71. The molecule has 0 saturated carbocycles. The van der Waals surface area contributed by atoms with E-state index in [9.17, 15) is 14.7 Å². The van der Waals surface area contributed by atoms with Crippen LogP contribution in [-0.4, -0.2) is 45.3 Å². The Morgan fingerprint density at radius 2 is 2.16 bits per heavy atom. The SMILES string of the molecule is Cc1n[nH]c(=O)c(C(=O)N2CCC(O)C(C)C2)c1C. The second-order valence-electron chi connectivity index (χ2n) is 5.22. The minimum absolute atomic E-state index is 0.0278. The van der Waals surface area contributed by atoms with E-state index in [1.807, 2.05) is 6.92 Å². The first-order valence-electron chi connectivity index (χ1n) is 6.45. The lowest BCUT2D eigenvalue weighted by molar-refractivity contribution is 0.0296. The normalized spacial score (nSPS) is 23.5. The number of aliphatic hydroxyl groups is 1. The van der Waals surface area contributed by atoms with Gasteiger partial charge in [0.2, 0.25) is 0 Å². The van der Waals surface area contributed by atoms with Gasteiger partial charge in [0.05, 0.1) is 11.8 Å². The van der Waals surface area contributed by atoms with Crippen LogP contribution in [0.25, 0.3) is 0 Å². The van der Waals surface area contributed by atoms with Crippen molar-refractivity contribution in [3.05, 3.63) is 27.2 Å². The molecule has 6 heteroatoms. The van der Waals surface area contributed by atoms with Crippen LogP contribution in [0.3, 0.4) is 0 Å². The molecule has 2 rings (SSSR count). The fourth-order valence-corrected chi connectivity index (χ4v) is 2.36. The number of piperidine rings is 1. The van der Waals surface area contributed by atoms with Crippen LogP contribution < -0.4 is 5.56 Å². The molecule has 1 aromatic rings. The van der Waals surface area contributed by atoms with Crippen LogP contribution in [0.1, 0.15) is 35.0 Å². The molecule has 19 heavy (non-hydrogen) atoms. The number of hydrogen-bond donors (Lipinski definition) is 2. The van der Waals surface area contributed by atoms with Crippen molar-refractivity contribution in [3.8, 4) is 0 Å². The quantitative estimate of drug-likeness (QED) is 0.761. The number of aryl methyl sites for hydroxylation is 1. The highest BCUT2D eigenvalue weighted by Crippen LogP contribution is 2.19. The first-order chi connectivity index (χ1) is 8.91. The van der Waals surface area contributed by atoms with Crippen molar-refractivity contribution < 1.29 is 9.90 Å². The third-order valence-corrected chi connectivity index (χ3v) is 3.83.